The third kappa shape index (κ3) is 5.56. The fraction of sp³-hybridized carbons (Fsp3) is 0.667. The topological polar surface area (TPSA) is 29.4 Å². The first-order chi connectivity index (χ1) is 5.12. The van der Waals surface area contributed by atoms with E-state index in [0.717, 1.165) is 12.8 Å². The molecule has 0 aliphatic heterocycles. The second kappa shape index (κ2) is 4.86. The monoisotopic (exact) mass is 153 g/mol. The fourth-order valence-corrected chi connectivity index (χ4v) is 0.897. The van der Waals surface area contributed by atoms with Crippen LogP contribution in [-0.4, -0.2) is 12.6 Å². The van der Waals surface area contributed by atoms with E-state index < -0.39 is 0 Å². The number of nitrogens with zero attached hydrogens (tertiary/aromatic N) is 1. The molecule has 0 fully saturated rings. The van der Waals surface area contributed by atoms with E-state index >= 15 is 0 Å². The van der Waals surface area contributed by atoms with E-state index in [1.807, 2.05) is 6.08 Å². The maximum atomic E-state index is 9.74. The van der Waals surface area contributed by atoms with Gasteiger partial charge in [-0.2, -0.15) is 0 Å². The van der Waals surface area contributed by atoms with E-state index in [0.29, 0.717) is 6.54 Å². The molecular weight excluding hydrogens is 138 g/mol. The number of allylic oxidation sites excluding steroid dienone is 1. The van der Waals surface area contributed by atoms with Gasteiger partial charge in [-0.05, 0) is 18.3 Å². The molecule has 0 bridgehead atoms. The highest BCUT2D eigenvalue weighted by molar-refractivity contribution is 5.32. The van der Waals surface area contributed by atoms with E-state index in [9.17, 15) is 4.79 Å². The smallest absolute Gasteiger partial charge is 0.211 e. The van der Waals surface area contributed by atoms with Gasteiger partial charge in [0.05, 0.1) is 6.54 Å². The van der Waals surface area contributed by atoms with Gasteiger partial charge in [0.25, 0.3) is 0 Å². The van der Waals surface area contributed by atoms with Crippen molar-refractivity contribution in [1.82, 2.24) is 0 Å². The molecule has 2 heteroatoms. The van der Waals surface area contributed by atoms with Crippen molar-refractivity contribution in [3.8, 4) is 0 Å². The minimum absolute atomic E-state index is 0.210. The molecule has 0 saturated heterocycles. The molecule has 0 unspecified atom stereocenters. The summed E-state index contributed by atoms with van der Waals surface area (Å²) in [5.41, 5.74) is 0.210. The number of carbonyl (C=O) groups excluding carboxylic acids is 1. The minimum atomic E-state index is 0.210. The van der Waals surface area contributed by atoms with Gasteiger partial charge in [-0.25, -0.2) is 9.79 Å². The van der Waals surface area contributed by atoms with Crippen molar-refractivity contribution in [2.75, 3.05) is 6.54 Å². The van der Waals surface area contributed by atoms with Gasteiger partial charge in [0.2, 0.25) is 6.08 Å². The first kappa shape index (κ1) is 10.1. The molecule has 0 radical (unpaired) electrons. The van der Waals surface area contributed by atoms with Crippen molar-refractivity contribution in [2.24, 2.45) is 10.4 Å². The SMILES string of the molecule is C=CCC(C)(C)CCN=C=O. The van der Waals surface area contributed by atoms with Crippen LogP contribution in [0.2, 0.25) is 0 Å². The Morgan fingerprint density at radius 1 is 1.64 bits per heavy atom. The molecule has 0 aliphatic rings. The van der Waals surface area contributed by atoms with E-state index in [1.165, 1.54) is 6.08 Å². The highest BCUT2D eigenvalue weighted by atomic mass is 16.1. The highest BCUT2D eigenvalue weighted by Gasteiger charge is 2.14. The molecule has 0 aromatic heterocycles. The van der Waals surface area contributed by atoms with Crippen LogP contribution in [0.5, 0.6) is 0 Å². The van der Waals surface area contributed by atoms with E-state index in [-0.39, 0.29) is 5.41 Å². The maximum Gasteiger partial charge on any atom is 0.234 e. The fourth-order valence-electron chi connectivity index (χ4n) is 0.897. The summed E-state index contributed by atoms with van der Waals surface area (Å²) in [6.07, 6.45) is 5.30. The summed E-state index contributed by atoms with van der Waals surface area (Å²) >= 11 is 0. The largest absolute Gasteiger partial charge is 0.234 e. The molecule has 0 rings (SSSR count). The molecule has 0 aromatic rings. The summed E-state index contributed by atoms with van der Waals surface area (Å²) in [6, 6.07) is 0. The zero-order valence-electron chi connectivity index (χ0n) is 7.26. The summed E-state index contributed by atoms with van der Waals surface area (Å²) in [5, 5.41) is 0. The molecule has 11 heavy (non-hydrogen) atoms. The van der Waals surface area contributed by atoms with E-state index in [4.69, 9.17) is 0 Å². The molecule has 0 saturated carbocycles. The standard InChI is InChI=1S/C9H15NO/c1-4-5-9(2,3)6-7-10-8-11/h4H,1,5-7H2,2-3H3. The first-order valence-corrected chi connectivity index (χ1v) is 3.77. The van der Waals surface area contributed by atoms with Gasteiger partial charge >= 0.3 is 0 Å². The predicted molar refractivity (Wildman–Crippen MR) is 46.2 cm³/mol. The number of isocyanates is 1. The Balaban J connectivity index is 3.70. The van der Waals surface area contributed by atoms with Gasteiger partial charge in [0.1, 0.15) is 0 Å². The van der Waals surface area contributed by atoms with Crippen LogP contribution in [0, 0.1) is 5.41 Å². The second-order valence-corrected chi connectivity index (χ2v) is 3.38. The molecule has 0 atom stereocenters. The van der Waals surface area contributed by atoms with Crippen molar-refractivity contribution in [3.63, 3.8) is 0 Å². The Morgan fingerprint density at radius 2 is 2.27 bits per heavy atom. The average Bonchev–Trinajstić information content (AvgIpc) is 1.87. The van der Waals surface area contributed by atoms with Gasteiger partial charge in [-0.15, -0.1) is 6.58 Å². The molecule has 0 aliphatic carbocycles. The number of rotatable bonds is 5. The first-order valence-electron chi connectivity index (χ1n) is 3.77. The normalized spacial score (nSPS) is 10.4. The Bertz CT molecular complexity index is 166. The molecule has 0 amide bonds. The molecule has 0 N–H and O–H groups in total. The predicted octanol–water partition coefficient (Wildman–Crippen LogP) is 2.31. The molecule has 2 nitrogen and oxygen atoms in total. The summed E-state index contributed by atoms with van der Waals surface area (Å²) in [4.78, 5) is 13.2. The Morgan fingerprint density at radius 3 is 2.73 bits per heavy atom. The van der Waals surface area contributed by atoms with Crippen molar-refractivity contribution < 1.29 is 4.79 Å². The molecular formula is C9H15NO. The van der Waals surface area contributed by atoms with Crippen molar-refractivity contribution in [2.45, 2.75) is 26.7 Å². The lowest BCUT2D eigenvalue weighted by Gasteiger charge is -2.20. The van der Waals surface area contributed by atoms with Gasteiger partial charge in [0, 0.05) is 0 Å². The van der Waals surface area contributed by atoms with Gasteiger partial charge < -0.3 is 0 Å². The lowest BCUT2D eigenvalue weighted by Crippen LogP contribution is -2.11. The van der Waals surface area contributed by atoms with Crippen LogP contribution >= 0.6 is 0 Å². The zero-order chi connectivity index (χ0) is 8.74. The summed E-state index contributed by atoms with van der Waals surface area (Å²) in [5.74, 6) is 0. The zero-order valence-corrected chi connectivity index (χ0v) is 7.26. The van der Waals surface area contributed by atoms with Crippen LogP contribution in [-0.2, 0) is 4.79 Å². The van der Waals surface area contributed by atoms with E-state index in [1.54, 1.807) is 0 Å². The van der Waals surface area contributed by atoms with Crippen LogP contribution < -0.4 is 0 Å². The van der Waals surface area contributed by atoms with Crippen molar-refractivity contribution >= 4 is 6.08 Å². The summed E-state index contributed by atoms with van der Waals surface area (Å²) in [7, 11) is 0. The lowest BCUT2D eigenvalue weighted by molar-refractivity contribution is 0.346. The third-order valence-electron chi connectivity index (χ3n) is 1.66. The van der Waals surface area contributed by atoms with Crippen molar-refractivity contribution in [1.29, 1.82) is 0 Å². The molecule has 0 heterocycles. The molecule has 0 aromatic carbocycles. The van der Waals surface area contributed by atoms with E-state index in [2.05, 4.69) is 25.4 Å². The molecule has 0 spiro atoms. The van der Waals surface area contributed by atoms with Gasteiger partial charge in [-0.1, -0.05) is 19.9 Å². The van der Waals surface area contributed by atoms with Crippen LogP contribution in [0.1, 0.15) is 26.7 Å². The van der Waals surface area contributed by atoms with Crippen LogP contribution in [0.4, 0.5) is 0 Å². The number of hydrogen-bond acceptors (Lipinski definition) is 2. The van der Waals surface area contributed by atoms with Gasteiger partial charge in [-0.3, -0.25) is 0 Å². The minimum Gasteiger partial charge on any atom is -0.211 e. The highest BCUT2D eigenvalue weighted by Crippen LogP contribution is 2.24. The van der Waals surface area contributed by atoms with Gasteiger partial charge in [0.15, 0.2) is 0 Å². The molecule has 62 valence electrons. The van der Waals surface area contributed by atoms with Crippen LogP contribution in [0.25, 0.3) is 0 Å². The Kier molecular flexibility index (Phi) is 4.47. The summed E-state index contributed by atoms with van der Waals surface area (Å²) in [6.45, 7) is 8.51. The second-order valence-electron chi connectivity index (χ2n) is 3.38. The van der Waals surface area contributed by atoms with Crippen molar-refractivity contribution in [3.05, 3.63) is 12.7 Å². The third-order valence-corrected chi connectivity index (χ3v) is 1.66. The Labute approximate surface area is 68.0 Å². The summed E-state index contributed by atoms with van der Waals surface area (Å²) < 4.78 is 0. The Hall–Kier alpha value is -0.880. The van der Waals surface area contributed by atoms with Crippen LogP contribution in [0.3, 0.4) is 0 Å². The average molecular weight is 153 g/mol. The number of aliphatic imine (C=N–C) groups is 1. The van der Waals surface area contributed by atoms with Crippen LogP contribution in [0.15, 0.2) is 17.6 Å². The maximum absolute atomic E-state index is 9.74. The lowest BCUT2D eigenvalue weighted by atomic mass is 9.86. The number of hydrogen-bond donors (Lipinski definition) is 0. The quantitative estimate of drug-likeness (QED) is 0.338.